The number of carboxylic acid groups (broad SMARTS) is 1. The first-order valence-corrected chi connectivity index (χ1v) is 35.0. The maximum absolute atomic E-state index is 14.1. The largest absolute Gasteiger partial charge is 0.478 e. The van der Waals surface area contributed by atoms with Crippen molar-refractivity contribution in [2.75, 3.05) is 27.9 Å². The van der Waals surface area contributed by atoms with Crippen LogP contribution in [0.25, 0.3) is 45.0 Å². The van der Waals surface area contributed by atoms with Crippen molar-refractivity contribution in [3.05, 3.63) is 305 Å². The number of rotatable bonds is 23. The fourth-order valence-corrected chi connectivity index (χ4v) is 11.5. The SMILES string of the molecule is CCOC(=O)c1ccc(Nc2c(C(C)=O)c(-c3ccccc3)nn(CC)c2=O)cc1.CCn1nc(-c2ccccc2)c(C(C)=O)c(Nc2ccc(F)cc2)c1=O.CCn1nc(-c2ccccc2)c(C(C)=O)c(Nc2cccc(C(=O)O)c2)c1=O.CCn1nc(-c2ccccc2)c(C(C)=O)c(Nc2ccccc2F)c1=O. The highest BCUT2D eigenvalue weighted by Crippen LogP contribution is 2.33. The number of nitrogens with zero attached hydrogens (tertiary/aromatic N) is 8. The van der Waals surface area contributed by atoms with Gasteiger partial charge < -0.3 is 31.1 Å². The average Bonchev–Trinajstić information content (AvgIpc) is 0.792. The number of ether oxygens (including phenoxy) is 1. The topological polar surface area (TPSA) is 320 Å². The van der Waals surface area contributed by atoms with Gasteiger partial charge in [-0.1, -0.05) is 140 Å². The van der Waals surface area contributed by atoms with Crippen molar-refractivity contribution >= 4 is 80.6 Å². The van der Waals surface area contributed by atoms with Gasteiger partial charge in [0.1, 0.15) is 57.2 Å². The molecule has 0 unspecified atom stereocenters. The molecule has 8 aromatic carbocycles. The lowest BCUT2D eigenvalue weighted by Gasteiger charge is -2.16. The number of aryl methyl sites for hydroxylation is 4. The molecular formula is C84H78F2N12O12. The summed E-state index contributed by atoms with van der Waals surface area (Å²) in [5, 5.41) is 38.5. The molecule has 0 aliphatic rings. The standard InChI is InChI=1S/C23H23N3O4.C21H19N3O4.2C20H18FN3O2/c1-4-26-22(28)21(24-18-13-11-17(12-14-18)23(29)30-5-2)19(15(3)27)20(25-26)16-9-7-6-8-10-16;1-3-24-20(26)19(22-16-11-7-10-15(12-16)21(27)28)17(13(2)25)18(23-24)14-8-5-4-6-9-14;1-3-24-20(26)19(22-16-12-8-7-11-15(16)21)17(13(2)25)18(23-24)14-9-5-4-6-10-14;1-3-24-20(26)19(22-16-11-9-15(21)10-12-16)17(13(2)25)18(23-24)14-7-5-4-6-8-14/h6-14,24H,4-5H2,1-3H3;4-12,22H,3H2,1-2H3,(H,27,28);2*4-12,22H,3H2,1-2H3. The third-order valence-corrected chi connectivity index (χ3v) is 16.7. The monoisotopic (exact) mass is 1480 g/mol. The van der Waals surface area contributed by atoms with E-state index in [4.69, 9.17) is 4.74 Å². The van der Waals surface area contributed by atoms with Crippen LogP contribution >= 0.6 is 0 Å². The summed E-state index contributed by atoms with van der Waals surface area (Å²) in [6.45, 7) is 16.1. The van der Waals surface area contributed by atoms with Crippen LogP contribution < -0.4 is 43.5 Å². The summed E-state index contributed by atoms with van der Waals surface area (Å²) in [7, 11) is 0. The predicted octanol–water partition coefficient (Wildman–Crippen LogP) is 15.7. The van der Waals surface area contributed by atoms with Gasteiger partial charge in [0.2, 0.25) is 0 Å². The molecule has 110 heavy (non-hydrogen) atoms. The number of hydrogen-bond acceptors (Lipinski definition) is 19. The molecule has 0 spiro atoms. The van der Waals surface area contributed by atoms with Gasteiger partial charge in [0.15, 0.2) is 23.1 Å². The molecule has 0 aliphatic carbocycles. The minimum atomic E-state index is -1.08. The lowest BCUT2D eigenvalue weighted by molar-refractivity contribution is 0.0525. The number of nitrogens with one attached hydrogen (secondary N) is 4. The van der Waals surface area contributed by atoms with Gasteiger partial charge in [-0.2, -0.15) is 20.4 Å². The number of benzene rings is 8. The zero-order valence-electron chi connectivity index (χ0n) is 61.6. The third kappa shape index (κ3) is 19.1. The number of para-hydroxylation sites is 1. The summed E-state index contributed by atoms with van der Waals surface area (Å²) in [5.41, 5.74) is 6.06. The molecular weight excluding hydrogens is 1410 g/mol. The number of esters is 1. The minimum Gasteiger partial charge on any atom is -0.478 e. The number of halogens is 2. The molecule has 12 aromatic rings. The van der Waals surface area contributed by atoms with E-state index in [0.717, 1.165) is 11.1 Å². The lowest BCUT2D eigenvalue weighted by Crippen LogP contribution is -2.28. The highest BCUT2D eigenvalue weighted by atomic mass is 19.1. The van der Waals surface area contributed by atoms with Crippen LogP contribution in [0.5, 0.6) is 0 Å². The van der Waals surface area contributed by atoms with Crippen LogP contribution in [0.4, 0.5) is 54.3 Å². The number of hydrogen-bond donors (Lipinski definition) is 5. The summed E-state index contributed by atoms with van der Waals surface area (Å²) >= 11 is 0. The van der Waals surface area contributed by atoms with Crippen molar-refractivity contribution in [2.45, 2.75) is 88.5 Å². The molecule has 4 aromatic heterocycles. The molecule has 26 heteroatoms. The molecule has 0 bridgehead atoms. The van der Waals surface area contributed by atoms with E-state index in [-0.39, 0.29) is 91.8 Å². The molecule has 5 N–H and O–H groups in total. The van der Waals surface area contributed by atoms with E-state index in [0.29, 0.717) is 82.7 Å². The number of aromatic nitrogens is 8. The van der Waals surface area contributed by atoms with E-state index in [9.17, 15) is 61.8 Å². The van der Waals surface area contributed by atoms with Crippen molar-refractivity contribution in [1.82, 2.24) is 39.1 Å². The van der Waals surface area contributed by atoms with E-state index in [1.807, 2.05) is 128 Å². The molecule has 0 saturated heterocycles. The van der Waals surface area contributed by atoms with Crippen LogP contribution in [0.2, 0.25) is 0 Å². The summed E-state index contributed by atoms with van der Waals surface area (Å²) < 4.78 is 37.4. The Kier molecular flexibility index (Phi) is 27.1. The Bertz CT molecular complexity index is 5620. The second-order valence-corrected chi connectivity index (χ2v) is 24.2. The molecule has 0 aliphatic heterocycles. The van der Waals surface area contributed by atoms with E-state index in [1.165, 1.54) is 95.0 Å². The summed E-state index contributed by atoms with van der Waals surface area (Å²) in [5.74, 6) is -3.58. The normalized spacial score (nSPS) is 10.5. The van der Waals surface area contributed by atoms with Crippen molar-refractivity contribution in [1.29, 1.82) is 0 Å². The van der Waals surface area contributed by atoms with Crippen molar-refractivity contribution in [2.24, 2.45) is 0 Å². The van der Waals surface area contributed by atoms with Crippen LogP contribution in [0, 0.1) is 11.6 Å². The molecule has 0 saturated carbocycles. The number of ketones is 4. The number of anilines is 8. The van der Waals surface area contributed by atoms with Gasteiger partial charge >= 0.3 is 11.9 Å². The van der Waals surface area contributed by atoms with Gasteiger partial charge in [-0.05, 0) is 141 Å². The van der Waals surface area contributed by atoms with Crippen LogP contribution in [-0.2, 0) is 30.9 Å². The van der Waals surface area contributed by atoms with Gasteiger partial charge in [-0.25, -0.2) is 37.1 Å². The Hall–Kier alpha value is -14.0. The number of carbonyl (C=O) groups excluding carboxylic acids is 5. The molecule has 0 atom stereocenters. The second kappa shape index (κ2) is 37.3. The fraction of sp³-hybridized carbons (Fsp3) is 0.167. The lowest BCUT2D eigenvalue weighted by atomic mass is 10.0. The van der Waals surface area contributed by atoms with Gasteiger partial charge in [-0.15, -0.1) is 0 Å². The zero-order chi connectivity index (χ0) is 79.3. The third-order valence-electron chi connectivity index (χ3n) is 16.7. The van der Waals surface area contributed by atoms with Crippen LogP contribution in [-0.4, -0.2) is 85.9 Å². The van der Waals surface area contributed by atoms with E-state index >= 15 is 0 Å². The first-order chi connectivity index (χ1) is 52.9. The Labute approximate surface area is 630 Å². The second-order valence-electron chi connectivity index (χ2n) is 24.2. The number of carbonyl (C=O) groups is 6. The average molecular weight is 1490 g/mol. The summed E-state index contributed by atoms with van der Waals surface area (Å²) in [6, 6.07) is 60.9. The molecule has 4 heterocycles. The Balaban J connectivity index is 0.000000169. The first kappa shape index (κ1) is 80.1. The maximum atomic E-state index is 14.1. The van der Waals surface area contributed by atoms with Gasteiger partial charge in [0, 0.05) is 65.5 Å². The van der Waals surface area contributed by atoms with Crippen molar-refractivity contribution < 1.29 is 47.4 Å². The van der Waals surface area contributed by atoms with Gasteiger partial charge in [0.05, 0.1) is 45.7 Å². The Morgan fingerprint density at radius 3 is 0.982 bits per heavy atom. The van der Waals surface area contributed by atoms with Crippen LogP contribution in [0.1, 0.15) is 124 Å². The number of aromatic carboxylic acids is 1. The number of carboxylic acids is 1. The molecule has 0 radical (unpaired) electrons. The zero-order valence-corrected chi connectivity index (χ0v) is 61.6. The van der Waals surface area contributed by atoms with Gasteiger partial charge in [-0.3, -0.25) is 38.4 Å². The summed E-state index contributed by atoms with van der Waals surface area (Å²) in [6.07, 6.45) is 0. The fourth-order valence-electron chi connectivity index (χ4n) is 11.5. The predicted molar refractivity (Wildman–Crippen MR) is 420 cm³/mol. The van der Waals surface area contributed by atoms with E-state index < -0.39 is 40.0 Å². The summed E-state index contributed by atoms with van der Waals surface area (Å²) in [4.78, 5) is 124. The maximum Gasteiger partial charge on any atom is 0.338 e. The molecule has 12 rings (SSSR count). The van der Waals surface area contributed by atoms with Crippen molar-refractivity contribution in [3.8, 4) is 45.0 Å². The van der Waals surface area contributed by atoms with Gasteiger partial charge in [0.25, 0.3) is 22.2 Å². The Morgan fingerprint density at radius 1 is 0.364 bits per heavy atom. The minimum absolute atomic E-state index is 0.0262. The number of Topliss-reactive ketones (excluding diaryl/α,β-unsaturated/α-hetero) is 4. The van der Waals surface area contributed by atoms with E-state index in [1.54, 1.807) is 76.2 Å². The molecule has 0 amide bonds. The smallest absolute Gasteiger partial charge is 0.338 e. The van der Waals surface area contributed by atoms with Crippen LogP contribution in [0.15, 0.2) is 238 Å². The molecule has 0 fully saturated rings. The molecule has 560 valence electrons. The van der Waals surface area contributed by atoms with Crippen LogP contribution in [0.3, 0.4) is 0 Å². The quantitative estimate of drug-likeness (QED) is 0.0293. The Morgan fingerprint density at radius 2 is 0.673 bits per heavy atom. The first-order valence-electron chi connectivity index (χ1n) is 35.0. The van der Waals surface area contributed by atoms with Crippen molar-refractivity contribution in [3.63, 3.8) is 0 Å². The highest BCUT2D eigenvalue weighted by Gasteiger charge is 2.27. The highest BCUT2D eigenvalue weighted by molar-refractivity contribution is 6.08. The van der Waals surface area contributed by atoms with E-state index in [2.05, 4.69) is 41.7 Å². The molecule has 24 nitrogen and oxygen atoms in total.